The van der Waals surface area contributed by atoms with Gasteiger partial charge in [-0.05, 0) is 49.1 Å². The first-order chi connectivity index (χ1) is 14.7. The van der Waals surface area contributed by atoms with E-state index in [0.717, 1.165) is 37.2 Å². The molecule has 0 unspecified atom stereocenters. The number of anilines is 1. The molecule has 1 aliphatic rings. The molecule has 6 heteroatoms. The summed E-state index contributed by atoms with van der Waals surface area (Å²) >= 11 is 0. The molecule has 0 bridgehead atoms. The van der Waals surface area contributed by atoms with Crippen LogP contribution in [-0.4, -0.2) is 39.6 Å². The monoisotopic (exact) mass is 402 g/mol. The summed E-state index contributed by atoms with van der Waals surface area (Å²) in [5.41, 5.74) is 3.93. The van der Waals surface area contributed by atoms with Crippen molar-refractivity contribution in [3.8, 4) is 0 Å². The smallest absolute Gasteiger partial charge is 0.259 e. The molecular weight excluding hydrogens is 376 g/mol. The van der Waals surface area contributed by atoms with E-state index >= 15 is 0 Å². The number of hydrogen-bond donors (Lipinski definition) is 1. The Bertz CT molecular complexity index is 1020. The van der Waals surface area contributed by atoms with Crippen LogP contribution in [0.15, 0.2) is 60.8 Å². The fraction of sp³-hybridized carbons (Fsp3) is 0.292. The minimum atomic E-state index is -0.190. The molecule has 0 atom stereocenters. The van der Waals surface area contributed by atoms with Gasteiger partial charge in [0.2, 0.25) is 0 Å². The van der Waals surface area contributed by atoms with E-state index in [4.69, 9.17) is 0 Å². The van der Waals surface area contributed by atoms with E-state index < -0.39 is 0 Å². The summed E-state index contributed by atoms with van der Waals surface area (Å²) < 4.78 is 1.88. The van der Waals surface area contributed by atoms with Crippen LogP contribution in [0.3, 0.4) is 0 Å². The van der Waals surface area contributed by atoms with Crippen LogP contribution in [-0.2, 0) is 13.0 Å². The van der Waals surface area contributed by atoms with Crippen molar-refractivity contribution in [3.05, 3.63) is 83.2 Å². The summed E-state index contributed by atoms with van der Waals surface area (Å²) in [6.07, 6.45) is 4.47. The van der Waals surface area contributed by atoms with Crippen molar-refractivity contribution >= 4 is 17.5 Å². The Hall–Kier alpha value is -3.41. The van der Waals surface area contributed by atoms with Crippen LogP contribution < -0.4 is 5.32 Å². The Morgan fingerprint density at radius 2 is 1.70 bits per heavy atom. The molecule has 6 nitrogen and oxygen atoms in total. The molecule has 1 aromatic heterocycles. The van der Waals surface area contributed by atoms with Crippen molar-refractivity contribution in [3.63, 3.8) is 0 Å². The lowest BCUT2D eigenvalue weighted by Crippen LogP contribution is -2.27. The third kappa shape index (κ3) is 4.27. The van der Waals surface area contributed by atoms with Crippen LogP contribution >= 0.6 is 0 Å². The summed E-state index contributed by atoms with van der Waals surface area (Å²) in [7, 11) is 0. The van der Waals surface area contributed by atoms with Gasteiger partial charge in [-0.2, -0.15) is 5.10 Å². The van der Waals surface area contributed by atoms with E-state index in [1.807, 2.05) is 46.8 Å². The van der Waals surface area contributed by atoms with Gasteiger partial charge < -0.3 is 10.2 Å². The molecule has 0 spiro atoms. The summed E-state index contributed by atoms with van der Waals surface area (Å²) in [4.78, 5) is 27.2. The molecule has 2 heterocycles. The van der Waals surface area contributed by atoms with Crippen LogP contribution in [0.2, 0.25) is 0 Å². The molecular formula is C24H26N4O2. The van der Waals surface area contributed by atoms with Gasteiger partial charge in [0.25, 0.3) is 11.8 Å². The predicted octanol–water partition coefficient (Wildman–Crippen LogP) is 3.98. The standard InChI is InChI=1S/C24H26N4O2/c1-2-22-21(16-25-28(22)17-18-8-4-3-5-9-18)23(29)26-20-12-10-19(11-13-20)24(30)27-14-6-7-15-27/h3-5,8-13,16H,2,6-7,14-15,17H2,1H3,(H,26,29). The molecule has 0 radical (unpaired) electrons. The number of carbonyl (C=O) groups excluding carboxylic acids is 2. The van der Waals surface area contributed by atoms with E-state index in [9.17, 15) is 9.59 Å². The fourth-order valence-electron chi connectivity index (χ4n) is 3.86. The maximum atomic E-state index is 12.8. The van der Waals surface area contributed by atoms with Crippen molar-refractivity contribution in [1.29, 1.82) is 0 Å². The molecule has 1 aliphatic heterocycles. The molecule has 4 rings (SSSR count). The number of benzene rings is 2. The molecule has 3 aromatic rings. The van der Waals surface area contributed by atoms with E-state index in [0.29, 0.717) is 29.8 Å². The molecule has 1 N–H and O–H groups in total. The number of carbonyl (C=O) groups is 2. The van der Waals surface area contributed by atoms with Crippen molar-refractivity contribution in [2.45, 2.75) is 32.7 Å². The SMILES string of the molecule is CCc1c(C(=O)Nc2ccc(C(=O)N3CCCC3)cc2)cnn1Cc1ccccc1. The maximum Gasteiger partial charge on any atom is 0.259 e. The highest BCUT2D eigenvalue weighted by atomic mass is 16.2. The second-order valence-electron chi connectivity index (χ2n) is 7.53. The molecule has 30 heavy (non-hydrogen) atoms. The third-order valence-electron chi connectivity index (χ3n) is 5.49. The van der Waals surface area contributed by atoms with Gasteiger partial charge in [0.05, 0.1) is 24.0 Å². The third-order valence-corrected chi connectivity index (χ3v) is 5.49. The number of amides is 2. The van der Waals surface area contributed by atoms with E-state index in [-0.39, 0.29) is 11.8 Å². The fourth-order valence-corrected chi connectivity index (χ4v) is 3.86. The van der Waals surface area contributed by atoms with Crippen LogP contribution in [0.5, 0.6) is 0 Å². The second kappa shape index (κ2) is 8.95. The van der Waals surface area contributed by atoms with Crippen LogP contribution in [0.4, 0.5) is 5.69 Å². The van der Waals surface area contributed by atoms with Gasteiger partial charge in [-0.25, -0.2) is 0 Å². The number of aromatic nitrogens is 2. The van der Waals surface area contributed by atoms with Gasteiger partial charge in [-0.15, -0.1) is 0 Å². The number of likely N-dealkylation sites (tertiary alicyclic amines) is 1. The highest BCUT2D eigenvalue weighted by Gasteiger charge is 2.20. The predicted molar refractivity (Wildman–Crippen MR) is 117 cm³/mol. The van der Waals surface area contributed by atoms with Crippen molar-refractivity contribution in [2.75, 3.05) is 18.4 Å². The summed E-state index contributed by atoms with van der Waals surface area (Å²) in [5.74, 6) is -0.134. The highest BCUT2D eigenvalue weighted by molar-refractivity contribution is 6.05. The topological polar surface area (TPSA) is 67.2 Å². The molecule has 1 fully saturated rings. The van der Waals surface area contributed by atoms with Gasteiger partial charge in [-0.3, -0.25) is 14.3 Å². The molecule has 1 saturated heterocycles. The summed E-state index contributed by atoms with van der Waals surface area (Å²) in [5, 5.41) is 7.36. The quantitative estimate of drug-likeness (QED) is 0.678. The average molecular weight is 402 g/mol. The molecule has 2 amide bonds. The first-order valence-corrected chi connectivity index (χ1v) is 10.4. The van der Waals surface area contributed by atoms with Crippen LogP contribution in [0.25, 0.3) is 0 Å². The van der Waals surface area contributed by atoms with Crippen molar-refractivity contribution in [1.82, 2.24) is 14.7 Å². The van der Waals surface area contributed by atoms with Crippen LogP contribution in [0, 0.1) is 0 Å². The van der Waals surface area contributed by atoms with Gasteiger partial charge in [0.15, 0.2) is 0 Å². The minimum Gasteiger partial charge on any atom is -0.339 e. The molecule has 0 saturated carbocycles. The zero-order valence-corrected chi connectivity index (χ0v) is 17.2. The number of hydrogen-bond acceptors (Lipinski definition) is 3. The first-order valence-electron chi connectivity index (χ1n) is 10.4. The van der Waals surface area contributed by atoms with E-state index in [1.54, 1.807) is 30.5 Å². The normalized spacial score (nSPS) is 13.4. The minimum absolute atomic E-state index is 0.0563. The summed E-state index contributed by atoms with van der Waals surface area (Å²) in [6, 6.07) is 17.2. The Morgan fingerprint density at radius 1 is 1.00 bits per heavy atom. The molecule has 0 aliphatic carbocycles. The maximum absolute atomic E-state index is 12.8. The van der Waals surface area contributed by atoms with Gasteiger partial charge in [-0.1, -0.05) is 37.3 Å². The van der Waals surface area contributed by atoms with E-state index in [1.165, 1.54) is 0 Å². The Morgan fingerprint density at radius 3 is 2.37 bits per heavy atom. The van der Waals surface area contributed by atoms with Gasteiger partial charge in [0, 0.05) is 24.3 Å². The van der Waals surface area contributed by atoms with Gasteiger partial charge >= 0.3 is 0 Å². The number of rotatable bonds is 6. The summed E-state index contributed by atoms with van der Waals surface area (Å²) in [6.45, 7) is 4.30. The lowest BCUT2D eigenvalue weighted by molar-refractivity contribution is 0.0792. The second-order valence-corrected chi connectivity index (χ2v) is 7.53. The zero-order chi connectivity index (χ0) is 20.9. The first kappa shape index (κ1) is 19.9. The largest absolute Gasteiger partial charge is 0.339 e. The van der Waals surface area contributed by atoms with Crippen molar-refractivity contribution < 1.29 is 9.59 Å². The van der Waals surface area contributed by atoms with E-state index in [2.05, 4.69) is 10.4 Å². The lowest BCUT2D eigenvalue weighted by atomic mass is 10.1. The van der Waals surface area contributed by atoms with Crippen molar-refractivity contribution in [2.24, 2.45) is 0 Å². The lowest BCUT2D eigenvalue weighted by Gasteiger charge is -2.15. The highest BCUT2D eigenvalue weighted by Crippen LogP contribution is 2.18. The Balaban J connectivity index is 1.45. The molecule has 154 valence electrons. The number of nitrogens with zero attached hydrogens (tertiary/aromatic N) is 3. The Labute approximate surface area is 176 Å². The zero-order valence-electron chi connectivity index (χ0n) is 17.2. The van der Waals surface area contributed by atoms with Crippen LogP contribution in [0.1, 0.15) is 51.7 Å². The Kier molecular flexibility index (Phi) is 5.93. The molecule has 2 aromatic carbocycles. The average Bonchev–Trinajstić information content (AvgIpc) is 3.44. The number of nitrogens with one attached hydrogen (secondary N) is 1. The van der Waals surface area contributed by atoms with Gasteiger partial charge in [0.1, 0.15) is 0 Å².